The fourth-order valence-electron chi connectivity index (χ4n) is 1.57. The monoisotopic (exact) mass is 286 g/mol. The largest absolute Gasteiger partial charge is 0.478 e. The van der Waals surface area contributed by atoms with Crippen LogP contribution in [0, 0.1) is 5.82 Å². The molecule has 0 aliphatic heterocycles. The number of hydrogen-bond donors (Lipinski definition) is 1. The maximum absolute atomic E-state index is 13.2. The van der Waals surface area contributed by atoms with Gasteiger partial charge in [0, 0.05) is 20.3 Å². The van der Waals surface area contributed by atoms with Gasteiger partial charge in [-0.15, -0.1) is 0 Å². The highest BCUT2D eigenvalue weighted by Crippen LogP contribution is 2.10. The first-order valence-electron chi connectivity index (χ1n) is 6.30. The number of methoxy groups -OCH3 is 1. The Kier molecular flexibility index (Phi) is 7.79. The van der Waals surface area contributed by atoms with Crippen molar-refractivity contribution in [1.29, 1.82) is 0 Å². The fourth-order valence-corrected chi connectivity index (χ4v) is 1.57. The van der Waals surface area contributed by atoms with Crippen molar-refractivity contribution in [2.75, 3.05) is 33.5 Å². The molecule has 0 radical (unpaired) electrons. The molecule has 0 aromatic heterocycles. The molecule has 0 amide bonds. The van der Waals surface area contributed by atoms with Crippen molar-refractivity contribution in [2.45, 2.75) is 13.0 Å². The molecule has 0 fully saturated rings. The van der Waals surface area contributed by atoms with Crippen LogP contribution in [0.5, 0.6) is 0 Å². The molecular weight excluding hydrogens is 267 g/mol. The number of carbonyl (C=O) groups is 1. The molecule has 0 atom stereocenters. The van der Waals surface area contributed by atoms with Gasteiger partial charge >= 0.3 is 5.97 Å². The van der Waals surface area contributed by atoms with Gasteiger partial charge in [0.2, 0.25) is 0 Å². The van der Waals surface area contributed by atoms with Crippen LogP contribution in [0.25, 0.3) is 0 Å². The van der Waals surface area contributed by atoms with Crippen molar-refractivity contribution in [1.82, 2.24) is 0 Å². The molecule has 1 aromatic rings. The third-order valence-electron chi connectivity index (χ3n) is 2.48. The van der Waals surface area contributed by atoms with E-state index in [1.807, 2.05) is 0 Å². The average Bonchev–Trinajstić information content (AvgIpc) is 2.41. The van der Waals surface area contributed by atoms with E-state index in [0.717, 1.165) is 12.5 Å². The lowest BCUT2D eigenvalue weighted by molar-refractivity contribution is 0.0336. The molecule has 0 aliphatic carbocycles. The molecule has 1 N–H and O–H groups in total. The Morgan fingerprint density at radius 2 is 1.90 bits per heavy atom. The van der Waals surface area contributed by atoms with Crippen molar-refractivity contribution in [3.8, 4) is 0 Å². The quantitative estimate of drug-likeness (QED) is 0.667. The average molecular weight is 286 g/mol. The van der Waals surface area contributed by atoms with Crippen LogP contribution in [0.3, 0.4) is 0 Å². The molecule has 0 saturated carbocycles. The number of carboxylic acids is 1. The maximum Gasteiger partial charge on any atom is 0.335 e. The van der Waals surface area contributed by atoms with E-state index >= 15 is 0 Å². The Bertz CT molecular complexity index is 422. The van der Waals surface area contributed by atoms with Crippen LogP contribution in [0.4, 0.5) is 4.39 Å². The van der Waals surface area contributed by atoms with Gasteiger partial charge in [0.05, 0.1) is 25.4 Å². The number of carboxylic acid groups (broad SMARTS) is 1. The van der Waals surface area contributed by atoms with Crippen LogP contribution in [0.2, 0.25) is 0 Å². The molecule has 6 heteroatoms. The predicted octanol–water partition coefficient (Wildman–Crippen LogP) is 2.09. The molecule has 1 rings (SSSR count). The minimum atomic E-state index is -1.16. The molecule has 0 heterocycles. The van der Waals surface area contributed by atoms with Crippen LogP contribution in [-0.4, -0.2) is 44.6 Å². The summed E-state index contributed by atoms with van der Waals surface area (Å²) in [5.74, 6) is -1.74. The maximum atomic E-state index is 13.2. The zero-order chi connectivity index (χ0) is 14.8. The van der Waals surface area contributed by atoms with Gasteiger partial charge < -0.3 is 19.3 Å². The van der Waals surface area contributed by atoms with Crippen molar-refractivity contribution in [2.24, 2.45) is 0 Å². The first-order valence-corrected chi connectivity index (χ1v) is 6.30. The molecule has 0 spiro atoms. The van der Waals surface area contributed by atoms with Crippen molar-refractivity contribution in [3.63, 3.8) is 0 Å². The fraction of sp³-hybridized carbons (Fsp3) is 0.500. The highest BCUT2D eigenvalue weighted by atomic mass is 19.1. The highest BCUT2D eigenvalue weighted by Gasteiger charge is 2.07. The van der Waals surface area contributed by atoms with Gasteiger partial charge in [-0.2, -0.15) is 0 Å². The van der Waals surface area contributed by atoms with Crippen LogP contribution in [0.15, 0.2) is 18.2 Å². The third-order valence-corrected chi connectivity index (χ3v) is 2.48. The lowest BCUT2D eigenvalue weighted by Crippen LogP contribution is -2.07. The van der Waals surface area contributed by atoms with E-state index in [1.54, 1.807) is 7.11 Å². The van der Waals surface area contributed by atoms with Gasteiger partial charge in [-0.05, 0) is 30.2 Å². The van der Waals surface area contributed by atoms with Crippen LogP contribution in [-0.2, 0) is 20.8 Å². The first-order chi connectivity index (χ1) is 9.63. The van der Waals surface area contributed by atoms with E-state index in [0.29, 0.717) is 32.0 Å². The number of benzene rings is 1. The number of hydrogen-bond acceptors (Lipinski definition) is 4. The minimum absolute atomic E-state index is 0.0839. The predicted molar refractivity (Wildman–Crippen MR) is 70.3 cm³/mol. The third kappa shape index (κ3) is 6.60. The van der Waals surface area contributed by atoms with Gasteiger partial charge in [0.1, 0.15) is 5.82 Å². The summed E-state index contributed by atoms with van der Waals surface area (Å²) in [7, 11) is 1.63. The zero-order valence-electron chi connectivity index (χ0n) is 11.4. The molecular formula is C14H19FO5. The Hall–Kier alpha value is -1.50. The van der Waals surface area contributed by atoms with E-state index in [9.17, 15) is 9.18 Å². The van der Waals surface area contributed by atoms with Crippen LogP contribution in [0.1, 0.15) is 22.3 Å². The normalized spacial score (nSPS) is 10.7. The van der Waals surface area contributed by atoms with E-state index in [4.69, 9.17) is 19.3 Å². The molecule has 0 saturated heterocycles. The minimum Gasteiger partial charge on any atom is -0.478 e. The first kappa shape index (κ1) is 16.6. The molecule has 0 aliphatic rings. The van der Waals surface area contributed by atoms with Gasteiger partial charge in [0.15, 0.2) is 0 Å². The molecule has 5 nitrogen and oxygen atoms in total. The van der Waals surface area contributed by atoms with Gasteiger partial charge in [-0.25, -0.2) is 9.18 Å². The molecule has 20 heavy (non-hydrogen) atoms. The Balaban J connectivity index is 2.23. The standard InChI is InChI=1S/C14H19FO5/c1-18-3-2-4-19-5-6-20-10-11-7-12(14(16)17)9-13(15)8-11/h7-9H,2-6,10H2,1H3,(H,16,17). The summed E-state index contributed by atoms with van der Waals surface area (Å²) < 4.78 is 28.6. The van der Waals surface area contributed by atoms with Gasteiger partial charge in [0.25, 0.3) is 0 Å². The summed E-state index contributed by atoms with van der Waals surface area (Å²) in [6, 6.07) is 3.63. The van der Waals surface area contributed by atoms with Gasteiger partial charge in [-0.1, -0.05) is 0 Å². The number of halogens is 1. The summed E-state index contributed by atoms with van der Waals surface area (Å²) in [5, 5.41) is 8.81. The molecule has 0 unspecified atom stereocenters. The number of aromatic carboxylic acids is 1. The topological polar surface area (TPSA) is 65.0 Å². The van der Waals surface area contributed by atoms with Crippen molar-refractivity contribution >= 4 is 5.97 Å². The smallest absolute Gasteiger partial charge is 0.335 e. The van der Waals surface area contributed by atoms with Gasteiger partial charge in [-0.3, -0.25) is 0 Å². The van der Waals surface area contributed by atoms with E-state index in [2.05, 4.69) is 0 Å². The summed E-state index contributed by atoms with van der Waals surface area (Å²) in [6.45, 7) is 2.21. The van der Waals surface area contributed by atoms with Crippen molar-refractivity contribution < 1.29 is 28.5 Å². The Morgan fingerprint density at radius 3 is 2.60 bits per heavy atom. The highest BCUT2D eigenvalue weighted by molar-refractivity contribution is 5.87. The van der Waals surface area contributed by atoms with E-state index in [1.165, 1.54) is 12.1 Å². The van der Waals surface area contributed by atoms with Crippen molar-refractivity contribution in [3.05, 3.63) is 35.1 Å². The summed E-state index contributed by atoms with van der Waals surface area (Å²) in [5.41, 5.74) is 0.404. The second-order valence-electron chi connectivity index (χ2n) is 4.16. The number of rotatable bonds is 10. The second kappa shape index (κ2) is 9.41. The summed E-state index contributed by atoms with van der Waals surface area (Å²) >= 11 is 0. The lowest BCUT2D eigenvalue weighted by atomic mass is 10.1. The van der Waals surface area contributed by atoms with Crippen LogP contribution >= 0.6 is 0 Å². The Morgan fingerprint density at radius 1 is 1.15 bits per heavy atom. The van der Waals surface area contributed by atoms with E-state index < -0.39 is 11.8 Å². The molecule has 0 bridgehead atoms. The Labute approximate surface area is 117 Å². The summed E-state index contributed by atoms with van der Waals surface area (Å²) in [4.78, 5) is 10.8. The molecule has 1 aromatic carbocycles. The summed E-state index contributed by atoms with van der Waals surface area (Å²) in [6.07, 6.45) is 0.822. The number of ether oxygens (including phenoxy) is 3. The van der Waals surface area contributed by atoms with E-state index in [-0.39, 0.29) is 12.2 Å². The lowest BCUT2D eigenvalue weighted by Gasteiger charge is -2.07. The zero-order valence-corrected chi connectivity index (χ0v) is 11.4. The SMILES string of the molecule is COCCCOCCOCc1cc(F)cc(C(=O)O)c1. The molecule has 112 valence electrons. The second-order valence-corrected chi connectivity index (χ2v) is 4.16. The van der Waals surface area contributed by atoms with Crippen LogP contribution < -0.4 is 0 Å².